The molecular formula is C14H28N2O. The van der Waals surface area contributed by atoms with Gasteiger partial charge in [-0.25, -0.2) is 0 Å². The Morgan fingerprint density at radius 1 is 1.24 bits per heavy atom. The van der Waals surface area contributed by atoms with E-state index in [0.717, 1.165) is 19.0 Å². The maximum absolute atomic E-state index is 11.3. The van der Waals surface area contributed by atoms with E-state index in [9.17, 15) is 4.79 Å². The van der Waals surface area contributed by atoms with Gasteiger partial charge in [0.1, 0.15) is 0 Å². The zero-order valence-corrected chi connectivity index (χ0v) is 11.4. The Balaban J connectivity index is 2.14. The zero-order chi connectivity index (χ0) is 12.5. The summed E-state index contributed by atoms with van der Waals surface area (Å²) >= 11 is 0. The van der Waals surface area contributed by atoms with Crippen molar-refractivity contribution in [1.82, 2.24) is 10.6 Å². The molecule has 17 heavy (non-hydrogen) atoms. The molecule has 0 heterocycles. The molecule has 1 aliphatic rings. The third kappa shape index (κ3) is 6.06. The van der Waals surface area contributed by atoms with Gasteiger partial charge in [0, 0.05) is 25.6 Å². The van der Waals surface area contributed by atoms with E-state index in [1.165, 1.54) is 38.5 Å². The highest BCUT2D eigenvalue weighted by Gasteiger charge is 2.18. The summed E-state index contributed by atoms with van der Waals surface area (Å²) in [6.45, 7) is 5.77. The summed E-state index contributed by atoms with van der Waals surface area (Å²) in [5.74, 6) is 0.972. The van der Waals surface area contributed by atoms with Crippen LogP contribution in [0.25, 0.3) is 0 Å². The Morgan fingerprint density at radius 2 is 1.88 bits per heavy atom. The molecule has 0 spiro atoms. The van der Waals surface area contributed by atoms with Crippen LogP contribution in [0.15, 0.2) is 0 Å². The monoisotopic (exact) mass is 240 g/mol. The normalized spacial score (nSPS) is 19.6. The largest absolute Gasteiger partial charge is 0.356 e. The van der Waals surface area contributed by atoms with Gasteiger partial charge >= 0.3 is 0 Å². The molecule has 3 nitrogen and oxygen atoms in total. The number of carbonyl (C=O) groups excluding carboxylic acids is 1. The fourth-order valence-corrected chi connectivity index (χ4v) is 2.68. The predicted molar refractivity (Wildman–Crippen MR) is 72.0 cm³/mol. The van der Waals surface area contributed by atoms with E-state index < -0.39 is 0 Å². The number of hydrogen-bond donors (Lipinski definition) is 2. The summed E-state index contributed by atoms with van der Waals surface area (Å²) in [7, 11) is 0. The molecule has 0 aromatic rings. The average Bonchev–Trinajstić information content (AvgIpc) is 2.57. The molecule has 0 saturated heterocycles. The molecule has 2 N–H and O–H groups in total. The van der Waals surface area contributed by atoms with Crippen molar-refractivity contribution in [2.45, 2.75) is 64.8 Å². The molecule has 100 valence electrons. The molecule has 0 aromatic carbocycles. The molecule has 3 heteroatoms. The standard InChI is InChI=1S/C14H28N2O/c1-3-15-14(17)10-11-16-12(2)13-8-6-4-5-7-9-13/h12-13,16H,3-11H2,1-2H3,(H,15,17)/t12-/m0/s1. The molecule has 0 aromatic heterocycles. The average molecular weight is 240 g/mol. The smallest absolute Gasteiger partial charge is 0.221 e. The fourth-order valence-electron chi connectivity index (χ4n) is 2.68. The van der Waals surface area contributed by atoms with Crippen LogP contribution in [-0.2, 0) is 4.79 Å². The van der Waals surface area contributed by atoms with Crippen molar-refractivity contribution in [1.29, 1.82) is 0 Å². The van der Waals surface area contributed by atoms with Crippen molar-refractivity contribution < 1.29 is 4.79 Å². The summed E-state index contributed by atoms with van der Waals surface area (Å²) < 4.78 is 0. The number of amides is 1. The molecule has 1 aliphatic carbocycles. The van der Waals surface area contributed by atoms with Gasteiger partial charge in [0.05, 0.1) is 0 Å². The first-order valence-corrected chi connectivity index (χ1v) is 7.24. The highest BCUT2D eigenvalue weighted by Crippen LogP contribution is 2.25. The highest BCUT2D eigenvalue weighted by atomic mass is 16.1. The van der Waals surface area contributed by atoms with Crippen LogP contribution in [0, 0.1) is 5.92 Å². The lowest BCUT2D eigenvalue weighted by molar-refractivity contribution is -0.120. The zero-order valence-electron chi connectivity index (χ0n) is 11.4. The Morgan fingerprint density at radius 3 is 2.47 bits per heavy atom. The van der Waals surface area contributed by atoms with Gasteiger partial charge in [-0.1, -0.05) is 25.7 Å². The molecule has 1 rings (SSSR count). The molecule has 1 fully saturated rings. The van der Waals surface area contributed by atoms with Gasteiger partial charge in [-0.05, 0) is 32.6 Å². The van der Waals surface area contributed by atoms with E-state index in [1.54, 1.807) is 0 Å². The van der Waals surface area contributed by atoms with Crippen LogP contribution >= 0.6 is 0 Å². The van der Waals surface area contributed by atoms with E-state index >= 15 is 0 Å². The second-order valence-corrected chi connectivity index (χ2v) is 5.20. The Labute approximate surface area is 106 Å². The molecule has 1 atom stereocenters. The van der Waals surface area contributed by atoms with Gasteiger partial charge in [0.15, 0.2) is 0 Å². The summed E-state index contributed by atoms with van der Waals surface area (Å²) in [4.78, 5) is 11.3. The van der Waals surface area contributed by atoms with Gasteiger partial charge < -0.3 is 10.6 Å². The minimum atomic E-state index is 0.160. The van der Waals surface area contributed by atoms with Crippen molar-refractivity contribution in [3.63, 3.8) is 0 Å². The van der Waals surface area contributed by atoms with Crippen LogP contribution in [0.2, 0.25) is 0 Å². The topological polar surface area (TPSA) is 41.1 Å². The molecule has 1 amide bonds. The second kappa shape index (κ2) is 8.51. The van der Waals surface area contributed by atoms with Crippen LogP contribution < -0.4 is 10.6 Å². The van der Waals surface area contributed by atoms with Gasteiger partial charge in [-0.15, -0.1) is 0 Å². The van der Waals surface area contributed by atoms with E-state index in [4.69, 9.17) is 0 Å². The summed E-state index contributed by atoms with van der Waals surface area (Å²) in [5, 5.41) is 6.34. The van der Waals surface area contributed by atoms with Gasteiger partial charge in [-0.2, -0.15) is 0 Å². The van der Waals surface area contributed by atoms with Crippen LogP contribution in [-0.4, -0.2) is 25.0 Å². The van der Waals surface area contributed by atoms with Crippen molar-refractivity contribution in [3.05, 3.63) is 0 Å². The molecule has 0 radical (unpaired) electrons. The molecule has 1 saturated carbocycles. The van der Waals surface area contributed by atoms with E-state index in [-0.39, 0.29) is 5.91 Å². The van der Waals surface area contributed by atoms with Gasteiger partial charge in [0.2, 0.25) is 5.91 Å². The van der Waals surface area contributed by atoms with Crippen molar-refractivity contribution in [2.24, 2.45) is 5.92 Å². The van der Waals surface area contributed by atoms with Crippen LogP contribution in [0.5, 0.6) is 0 Å². The fraction of sp³-hybridized carbons (Fsp3) is 0.929. The van der Waals surface area contributed by atoms with E-state index in [1.807, 2.05) is 6.92 Å². The Bertz CT molecular complexity index is 210. The minimum Gasteiger partial charge on any atom is -0.356 e. The van der Waals surface area contributed by atoms with Crippen molar-refractivity contribution >= 4 is 5.91 Å². The third-order valence-electron chi connectivity index (χ3n) is 3.80. The first-order valence-electron chi connectivity index (χ1n) is 7.24. The molecule has 0 aliphatic heterocycles. The lowest BCUT2D eigenvalue weighted by Gasteiger charge is -2.23. The maximum atomic E-state index is 11.3. The Hall–Kier alpha value is -0.570. The maximum Gasteiger partial charge on any atom is 0.221 e. The molecule has 0 bridgehead atoms. The number of rotatable bonds is 6. The summed E-state index contributed by atoms with van der Waals surface area (Å²) in [6.07, 6.45) is 8.89. The summed E-state index contributed by atoms with van der Waals surface area (Å²) in [6, 6.07) is 0.558. The number of hydrogen-bond acceptors (Lipinski definition) is 2. The second-order valence-electron chi connectivity index (χ2n) is 5.20. The van der Waals surface area contributed by atoms with Crippen LogP contribution in [0.1, 0.15) is 58.8 Å². The van der Waals surface area contributed by atoms with Crippen molar-refractivity contribution in [3.8, 4) is 0 Å². The number of nitrogens with one attached hydrogen (secondary N) is 2. The summed E-state index contributed by atoms with van der Waals surface area (Å²) in [5.41, 5.74) is 0. The first kappa shape index (κ1) is 14.5. The quantitative estimate of drug-likeness (QED) is 0.700. The highest BCUT2D eigenvalue weighted by molar-refractivity contribution is 5.75. The molecule has 0 unspecified atom stereocenters. The minimum absolute atomic E-state index is 0.160. The van der Waals surface area contributed by atoms with Gasteiger partial charge in [0.25, 0.3) is 0 Å². The number of carbonyl (C=O) groups is 1. The third-order valence-corrected chi connectivity index (χ3v) is 3.80. The Kier molecular flexibility index (Phi) is 7.25. The van der Waals surface area contributed by atoms with E-state index in [0.29, 0.717) is 12.5 Å². The first-order chi connectivity index (χ1) is 8.24. The lowest BCUT2D eigenvalue weighted by Crippen LogP contribution is -2.36. The van der Waals surface area contributed by atoms with Crippen molar-refractivity contribution in [2.75, 3.05) is 13.1 Å². The van der Waals surface area contributed by atoms with Crippen LogP contribution in [0.3, 0.4) is 0 Å². The van der Waals surface area contributed by atoms with Crippen LogP contribution in [0.4, 0.5) is 0 Å². The van der Waals surface area contributed by atoms with Gasteiger partial charge in [-0.3, -0.25) is 4.79 Å². The molecular weight excluding hydrogens is 212 g/mol. The predicted octanol–water partition coefficient (Wildman–Crippen LogP) is 2.46. The van der Waals surface area contributed by atoms with E-state index in [2.05, 4.69) is 17.6 Å². The SMILES string of the molecule is CCNC(=O)CCN[C@@H](C)C1CCCCCC1. The lowest BCUT2D eigenvalue weighted by atomic mass is 9.93.